The zero-order chi connectivity index (χ0) is 29.5. The van der Waals surface area contributed by atoms with Crippen LogP contribution < -0.4 is 16.0 Å². The molecular formula is C35H37N5O2. The van der Waals surface area contributed by atoms with Crippen molar-refractivity contribution in [3.63, 3.8) is 0 Å². The van der Waals surface area contributed by atoms with E-state index >= 15 is 0 Å². The van der Waals surface area contributed by atoms with Crippen LogP contribution in [0.5, 0.6) is 0 Å². The highest BCUT2D eigenvalue weighted by molar-refractivity contribution is 6.37. The first-order valence-corrected chi connectivity index (χ1v) is 14.5. The number of aromatic nitrogens is 1. The maximum atomic E-state index is 13.4. The molecule has 1 aromatic heterocycles. The van der Waals surface area contributed by atoms with Crippen molar-refractivity contribution in [3.8, 4) is 0 Å². The molecule has 5 rings (SSSR count). The summed E-state index contributed by atoms with van der Waals surface area (Å²) in [6.45, 7) is 9.24. The van der Waals surface area contributed by atoms with E-state index in [-0.39, 0.29) is 17.9 Å². The molecule has 0 fully saturated rings. The normalized spacial score (nSPS) is 14.2. The van der Waals surface area contributed by atoms with Crippen LogP contribution in [0.25, 0.3) is 11.3 Å². The summed E-state index contributed by atoms with van der Waals surface area (Å²) in [5, 5.41) is 9.62. The van der Waals surface area contributed by atoms with Crippen molar-refractivity contribution in [2.45, 2.75) is 39.8 Å². The Labute approximate surface area is 247 Å². The lowest BCUT2D eigenvalue weighted by Crippen LogP contribution is -2.28. The molecule has 1 unspecified atom stereocenters. The topological polar surface area (TPSA) is 86.4 Å². The van der Waals surface area contributed by atoms with Crippen molar-refractivity contribution in [3.05, 3.63) is 125 Å². The number of nitrogens with zero attached hydrogens (tertiary/aromatic N) is 2. The summed E-state index contributed by atoms with van der Waals surface area (Å²) in [6, 6.07) is 27.2. The van der Waals surface area contributed by atoms with Gasteiger partial charge in [-0.3, -0.25) is 19.5 Å². The van der Waals surface area contributed by atoms with Crippen LogP contribution in [-0.2, 0) is 11.3 Å². The summed E-state index contributed by atoms with van der Waals surface area (Å²) in [5.74, 6) is -0.422. The number of hydrogen-bond donors (Lipinski definition) is 3. The first kappa shape index (κ1) is 28.8. The fourth-order valence-corrected chi connectivity index (χ4v) is 5.24. The molecule has 2 amide bonds. The summed E-state index contributed by atoms with van der Waals surface area (Å²) in [5.41, 5.74) is 6.83. The van der Waals surface area contributed by atoms with Gasteiger partial charge in [0.25, 0.3) is 11.8 Å². The van der Waals surface area contributed by atoms with Crippen molar-refractivity contribution >= 4 is 34.5 Å². The number of carbonyl (C=O) groups excluding carboxylic acids is 2. The van der Waals surface area contributed by atoms with Gasteiger partial charge in [0.15, 0.2) is 0 Å². The molecule has 1 aliphatic rings. The largest absolute Gasteiger partial charge is 0.354 e. The maximum absolute atomic E-state index is 13.4. The molecule has 0 spiro atoms. The van der Waals surface area contributed by atoms with E-state index in [9.17, 15) is 9.59 Å². The smallest absolute Gasteiger partial charge is 0.258 e. The van der Waals surface area contributed by atoms with E-state index in [1.54, 1.807) is 30.6 Å². The van der Waals surface area contributed by atoms with Crippen LogP contribution in [0.4, 0.5) is 11.4 Å². The van der Waals surface area contributed by atoms with Gasteiger partial charge in [0, 0.05) is 47.0 Å². The van der Waals surface area contributed by atoms with Gasteiger partial charge in [-0.15, -0.1) is 0 Å². The molecule has 0 bridgehead atoms. The van der Waals surface area contributed by atoms with Gasteiger partial charge in [-0.25, -0.2) is 0 Å². The van der Waals surface area contributed by atoms with Crippen LogP contribution in [0.3, 0.4) is 0 Å². The van der Waals surface area contributed by atoms with Gasteiger partial charge in [-0.2, -0.15) is 0 Å². The monoisotopic (exact) mass is 559 g/mol. The molecule has 0 aliphatic carbocycles. The third-order valence-electron chi connectivity index (χ3n) is 7.67. The van der Waals surface area contributed by atoms with Crippen LogP contribution in [0.2, 0.25) is 0 Å². The third kappa shape index (κ3) is 6.42. The molecule has 1 atom stereocenters. The predicted octanol–water partition coefficient (Wildman–Crippen LogP) is 6.74. The van der Waals surface area contributed by atoms with E-state index in [1.165, 1.54) is 5.56 Å². The number of carbonyl (C=O) groups is 2. The van der Waals surface area contributed by atoms with E-state index in [0.29, 0.717) is 28.1 Å². The van der Waals surface area contributed by atoms with E-state index in [0.717, 1.165) is 42.9 Å². The SMILES string of the molecule is CCC(NC(=O)c1ccc2c(c1)/C(=C(/Nc1ccc(CN(CC)CC)cc1)c1cccnc1)C(=O)N2)c1ccccc1. The van der Waals surface area contributed by atoms with Crippen LogP contribution in [0, 0.1) is 0 Å². The molecule has 2 heterocycles. The average molecular weight is 560 g/mol. The Hall–Kier alpha value is -4.75. The zero-order valence-corrected chi connectivity index (χ0v) is 24.4. The Morgan fingerprint density at radius 1 is 0.905 bits per heavy atom. The number of amides is 2. The highest BCUT2D eigenvalue weighted by Gasteiger charge is 2.30. The highest BCUT2D eigenvalue weighted by Crippen LogP contribution is 2.38. The van der Waals surface area contributed by atoms with Crippen LogP contribution in [0.1, 0.15) is 65.8 Å². The fourth-order valence-electron chi connectivity index (χ4n) is 5.24. The molecule has 214 valence electrons. The number of benzene rings is 3. The van der Waals surface area contributed by atoms with Gasteiger partial charge < -0.3 is 16.0 Å². The van der Waals surface area contributed by atoms with E-state index in [1.807, 2.05) is 61.5 Å². The second-order valence-electron chi connectivity index (χ2n) is 10.3. The van der Waals surface area contributed by atoms with Crippen LogP contribution in [-0.4, -0.2) is 34.8 Å². The molecule has 7 heteroatoms. The Morgan fingerprint density at radius 2 is 1.67 bits per heavy atom. The lowest BCUT2D eigenvalue weighted by Gasteiger charge is -2.19. The average Bonchev–Trinajstić information content (AvgIpc) is 3.37. The Morgan fingerprint density at radius 3 is 2.33 bits per heavy atom. The molecule has 3 aromatic carbocycles. The van der Waals surface area contributed by atoms with Crippen molar-refractivity contribution in [2.24, 2.45) is 0 Å². The summed E-state index contributed by atoms with van der Waals surface area (Å²) in [6.07, 6.45) is 4.20. The van der Waals surface area contributed by atoms with Crippen LogP contribution in [0.15, 0.2) is 97.3 Å². The van der Waals surface area contributed by atoms with Crippen molar-refractivity contribution in [2.75, 3.05) is 23.7 Å². The Balaban J connectivity index is 1.49. The number of anilines is 2. The Bertz CT molecular complexity index is 1560. The molecule has 4 aromatic rings. The third-order valence-corrected chi connectivity index (χ3v) is 7.67. The zero-order valence-electron chi connectivity index (χ0n) is 24.4. The molecule has 42 heavy (non-hydrogen) atoms. The minimum absolute atomic E-state index is 0.112. The number of pyridine rings is 1. The molecule has 0 radical (unpaired) electrons. The first-order chi connectivity index (χ1) is 20.5. The van der Waals surface area contributed by atoms with Crippen molar-refractivity contribution in [1.82, 2.24) is 15.2 Å². The molecule has 3 N–H and O–H groups in total. The van der Waals surface area contributed by atoms with Gasteiger partial charge in [-0.1, -0.05) is 63.2 Å². The lowest BCUT2D eigenvalue weighted by molar-refractivity contribution is -0.110. The van der Waals surface area contributed by atoms with Gasteiger partial charge in [-0.05, 0) is 73.1 Å². The number of fused-ring (bicyclic) bond motifs is 1. The van der Waals surface area contributed by atoms with E-state index < -0.39 is 0 Å². The lowest BCUT2D eigenvalue weighted by atomic mass is 9.98. The standard InChI is InChI=1S/C35H37N5O2/c1-4-30(25-11-8-7-9-12-25)38-34(41)26-16-19-31-29(21-26)32(35(42)39-31)33(27-13-10-20-36-22-27)37-28-17-14-24(15-18-28)23-40(5-2)6-3/h7-22,30,37H,4-6,23H2,1-3H3,(H,38,41)(H,39,42)/b33-32-. The highest BCUT2D eigenvalue weighted by atomic mass is 16.2. The molecule has 1 aliphatic heterocycles. The number of hydrogen-bond acceptors (Lipinski definition) is 5. The fraction of sp³-hybridized carbons (Fsp3) is 0.229. The van der Waals surface area contributed by atoms with E-state index in [4.69, 9.17) is 0 Å². The van der Waals surface area contributed by atoms with Crippen LogP contribution >= 0.6 is 0 Å². The minimum Gasteiger partial charge on any atom is -0.354 e. The molecule has 7 nitrogen and oxygen atoms in total. The maximum Gasteiger partial charge on any atom is 0.258 e. The van der Waals surface area contributed by atoms with Gasteiger partial charge >= 0.3 is 0 Å². The summed E-state index contributed by atoms with van der Waals surface area (Å²) in [7, 11) is 0. The predicted molar refractivity (Wildman–Crippen MR) is 170 cm³/mol. The summed E-state index contributed by atoms with van der Waals surface area (Å²) < 4.78 is 0. The molecule has 0 saturated carbocycles. The van der Waals surface area contributed by atoms with Crippen molar-refractivity contribution < 1.29 is 9.59 Å². The van der Waals surface area contributed by atoms with E-state index in [2.05, 4.69) is 51.8 Å². The first-order valence-electron chi connectivity index (χ1n) is 14.5. The van der Waals surface area contributed by atoms with Crippen molar-refractivity contribution in [1.29, 1.82) is 0 Å². The number of rotatable bonds is 11. The second kappa shape index (κ2) is 13.3. The number of nitrogens with one attached hydrogen (secondary N) is 3. The molecule has 0 saturated heterocycles. The summed E-state index contributed by atoms with van der Waals surface area (Å²) in [4.78, 5) is 33.5. The van der Waals surface area contributed by atoms with Gasteiger partial charge in [0.2, 0.25) is 0 Å². The van der Waals surface area contributed by atoms with Gasteiger partial charge in [0.1, 0.15) is 0 Å². The van der Waals surface area contributed by atoms with Gasteiger partial charge in [0.05, 0.1) is 17.3 Å². The summed E-state index contributed by atoms with van der Waals surface area (Å²) >= 11 is 0. The second-order valence-corrected chi connectivity index (χ2v) is 10.3. The molecular weight excluding hydrogens is 522 g/mol. The minimum atomic E-state index is -0.234. The quantitative estimate of drug-likeness (QED) is 0.177. The Kier molecular flexibility index (Phi) is 9.09.